The summed E-state index contributed by atoms with van der Waals surface area (Å²) in [5.41, 5.74) is 5.79. The summed E-state index contributed by atoms with van der Waals surface area (Å²) in [6, 6.07) is -0.122. The molecule has 0 radical (unpaired) electrons. The summed E-state index contributed by atoms with van der Waals surface area (Å²) in [5.74, 6) is 1.27. The van der Waals surface area contributed by atoms with Crippen molar-refractivity contribution in [2.45, 2.75) is 52.0 Å². The number of hydrogen-bond donors (Lipinski definition) is 1. The van der Waals surface area contributed by atoms with E-state index in [0.717, 1.165) is 18.7 Å². The lowest BCUT2D eigenvalue weighted by Gasteiger charge is -2.11. The van der Waals surface area contributed by atoms with Gasteiger partial charge in [0.05, 0.1) is 6.04 Å². The monoisotopic (exact) mass is 197 g/mol. The van der Waals surface area contributed by atoms with Crippen LogP contribution in [0.5, 0.6) is 0 Å². The molecule has 0 fully saturated rings. The van der Waals surface area contributed by atoms with Gasteiger partial charge in [-0.3, -0.25) is 0 Å². The summed E-state index contributed by atoms with van der Waals surface area (Å²) in [5, 5.41) is 3.92. The summed E-state index contributed by atoms with van der Waals surface area (Å²) in [6.07, 6.45) is 1.90. The molecule has 80 valence electrons. The van der Waals surface area contributed by atoms with Crippen molar-refractivity contribution in [2.75, 3.05) is 0 Å². The molecule has 0 aromatic carbocycles. The van der Waals surface area contributed by atoms with Gasteiger partial charge in [0.15, 0.2) is 5.82 Å². The number of aromatic nitrogens is 2. The third-order valence-corrected chi connectivity index (χ3v) is 2.03. The van der Waals surface area contributed by atoms with Crippen molar-refractivity contribution in [3.63, 3.8) is 0 Å². The van der Waals surface area contributed by atoms with Gasteiger partial charge in [-0.2, -0.15) is 4.98 Å². The molecule has 1 heterocycles. The van der Waals surface area contributed by atoms with Gasteiger partial charge in [0.1, 0.15) is 0 Å². The normalized spacial score (nSPS) is 14.4. The van der Waals surface area contributed by atoms with Gasteiger partial charge in [-0.1, -0.05) is 39.3 Å². The smallest absolute Gasteiger partial charge is 0.243 e. The van der Waals surface area contributed by atoms with E-state index in [2.05, 4.69) is 17.1 Å². The molecule has 0 saturated heterocycles. The van der Waals surface area contributed by atoms with Crippen LogP contribution in [0, 0.1) is 0 Å². The second-order valence-electron chi connectivity index (χ2n) is 4.60. The predicted molar refractivity (Wildman–Crippen MR) is 54.8 cm³/mol. The molecular formula is C10H19N3O. The van der Waals surface area contributed by atoms with Crippen LogP contribution in [0.15, 0.2) is 4.52 Å². The van der Waals surface area contributed by atoms with Crippen molar-refractivity contribution in [3.05, 3.63) is 11.7 Å². The van der Waals surface area contributed by atoms with Gasteiger partial charge < -0.3 is 10.3 Å². The fourth-order valence-electron chi connectivity index (χ4n) is 1.12. The van der Waals surface area contributed by atoms with Crippen molar-refractivity contribution >= 4 is 0 Å². The van der Waals surface area contributed by atoms with E-state index in [0.29, 0.717) is 5.89 Å². The Kier molecular flexibility index (Phi) is 3.26. The Morgan fingerprint density at radius 3 is 2.50 bits per heavy atom. The third kappa shape index (κ3) is 2.54. The quantitative estimate of drug-likeness (QED) is 0.806. The average Bonchev–Trinajstić information content (AvgIpc) is 2.51. The molecule has 14 heavy (non-hydrogen) atoms. The van der Waals surface area contributed by atoms with Gasteiger partial charge in [-0.05, 0) is 6.42 Å². The number of nitrogens with zero attached hydrogens (tertiary/aromatic N) is 2. The Balaban J connectivity index is 2.78. The highest BCUT2D eigenvalue weighted by atomic mass is 16.5. The van der Waals surface area contributed by atoms with E-state index >= 15 is 0 Å². The molecule has 0 amide bonds. The molecule has 0 aliphatic heterocycles. The van der Waals surface area contributed by atoms with Crippen LogP contribution in [0.25, 0.3) is 0 Å². The first-order valence-electron chi connectivity index (χ1n) is 5.04. The molecule has 4 heteroatoms. The molecule has 2 N–H and O–H groups in total. The van der Waals surface area contributed by atoms with Crippen LogP contribution in [0.3, 0.4) is 0 Å². The summed E-state index contributed by atoms with van der Waals surface area (Å²) in [4.78, 5) is 4.30. The molecule has 0 bridgehead atoms. The van der Waals surface area contributed by atoms with Crippen LogP contribution >= 0.6 is 0 Å². The predicted octanol–water partition coefficient (Wildman–Crippen LogP) is 2.17. The first kappa shape index (κ1) is 11.2. The number of rotatable bonds is 3. The highest BCUT2D eigenvalue weighted by Crippen LogP contribution is 2.21. The van der Waals surface area contributed by atoms with E-state index in [1.165, 1.54) is 0 Å². The Hall–Kier alpha value is -0.900. The van der Waals surface area contributed by atoms with Crippen molar-refractivity contribution in [2.24, 2.45) is 5.73 Å². The Bertz CT molecular complexity index is 288. The van der Waals surface area contributed by atoms with Crippen molar-refractivity contribution in [3.8, 4) is 0 Å². The lowest BCUT2D eigenvalue weighted by atomic mass is 9.96. The standard InChI is InChI=1S/C10H19N3O/c1-5-6-7(11)8-12-9(13-14-8)10(2,3)4/h7H,5-6,11H2,1-4H3. The molecule has 0 aliphatic carbocycles. The molecule has 0 aliphatic rings. The maximum Gasteiger partial charge on any atom is 0.243 e. The van der Waals surface area contributed by atoms with E-state index in [9.17, 15) is 0 Å². The molecule has 1 aromatic heterocycles. The fourth-order valence-corrected chi connectivity index (χ4v) is 1.12. The van der Waals surface area contributed by atoms with Gasteiger partial charge in [-0.15, -0.1) is 0 Å². The van der Waals surface area contributed by atoms with Crippen LogP contribution in [-0.4, -0.2) is 10.1 Å². The SMILES string of the molecule is CCCC(N)c1nc(C(C)(C)C)no1. The zero-order valence-corrected chi connectivity index (χ0v) is 9.37. The topological polar surface area (TPSA) is 64.9 Å². The summed E-state index contributed by atoms with van der Waals surface area (Å²) in [7, 11) is 0. The van der Waals surface area contributed by atoms with Crippen LogP contribution < -0.4 is 5.73 Å². The van der Waals surface area contributed by atoms with Gasteiger partial charge in [0.25, 0.3) is 0 Å². The molecular weight excluding hydrogens is 178 g/mol. The highest BCUT2D eigenvalue weighted by Gasteiger charge is 2.22. The van der Waals surface area contributed by atoms with E-state index in [4.69, 9.17) is 10.3 Å². The number of nitrogens with two attached hydrogens (primary N) is 1. The molecule has 1 aromatic rings. The second kappa shape index (κ2) is 4.09. The molecule has 1 unspecified atom stereocenters. The largest absolute Gasteiger partial charge is 0.338 e. The Labute approximate surface area is 84.9 Å². The van der Waals surface area contributed by atoms with Crippen LogP contribution in [0.1, 0.15) is 58.3 Å². The Morgan fingerprint density at radius 1 is 1.43 bits per heavy atom. The minimum Gasteiger partial charge on any atom is -0.338 e. The van der Waals surface area contributed by atoms with E-state index < -0.39 is 0 Å². The van der Waals surface area contributed by atoms with Crippen LogP contribution in [0.4, 0.5) is 0 Å². The second-order valence-corrected chi connectivity index (χ2v) is 4.60. The molecule has 0 saturated carbocycles. The zero-order chi connectivity index (χ0) is 10.8. The van der Waals surface area contributed by atoms with Gasteiger partial charge in [0.2, 0.25) is 5.89 Å². The highest BCUT2D eigenvalue weighted by molar-refractivity contribution is 5.01. The minimum absolute atomic E-state index is 0.0757. The third-order valence-electron chi connectivity index (χ3n) is 2.03. The lowest BCUT2D eigenvalue weighted by molar-refractivity contribution is 0.338. The van der Waals surface area contributed by atoms with Crippen molar-refractivity contribution < 1.29 is 4.52 Å². The summed E-state index contributed by atoms with van der Waals surface area (Å²) >= 11 is 0. The summed E-state index contributed by atoms with van der Waals surface area (Å²) in [6.45, 7) is 8.23. The van der Waals surface area contributed by atoms with Crippen molar-refractivity contribution in [1.82, 2.24) is 10.1 Å². The average molecular weight is 197 g/mol. The first-order valence-corrected chi connectivity index (χ1v) is 5.04. The van der Waals surface area contributed by atoms with Crippen LogP contribution in [-0.2, 0) is 5.41 Å². The van der Waals surface area contributed by atoms with E-state index in [1.807, 2.05) is 20.8 Å². The maximum absolute atomic E-state index is 5.87. The maximum atomic E-state index is 5.87. The zero-order valence-electron chi connectivity index (χ0n) is 9.37. The molecule has 0 spiro atoms. The van der Waals surface area contributed by atoms with E-state index in [1.54, 1.807) is 0 Å². The molecule has 1 rings (SSSR count). The van der Waals surface area contributed by atoms with Crippen molar-refractivity contribution in [1.29, 1.82) is 0 Å². The first-order chi connectivity index (χ1) is 6.45. The minimum atomic E-state index is -0.122. The van der Waals surface area contributed by atoms with Crippen LogP contribution in [0.2, 0.25) is 0 Å². The summed E-state index contributed by atoms with van der Waals surface area (Å²) < 4.78 is 5.12. The Morgan fingerprint density at radius 2 is 2.07 bits per heavy atom. The lowest BCUT2D eigenvalue weighted by Crippen LogP contribution is -2.15. The molecule has 4 nitrogen and oxygen atoms in total. The molecule has 1 atom stereocenters. The van der Waals surface area contributed by atoms with Gasteiger partial charge in [0, 0.05) is 5.41 Å². The van der Waals surface area contributed by atoms with E-state index in [-0.39, 0.29) is 11.5 Å². The van der Waals surface area contributed by atoms with Gasteiger partial charge >= 0.3 is 0 Å². The number of hydrogen-bond acceptors (Lipinski definition) is 4. The fraction of sp³-hybridized carbons (Fsp3) is 0.800. The van der Waals surface area contributed by atoms with Gasteiger partial charge in [-0.25, -0.2) is 0 Å².